The molecule has 1 aliphatic carbocycles. The molecule has 0 unspecified atom stereocenters. The molecule has 0 atom stereocenters. The molecule has 1 aromatic heterocycles. The summed E-state index contributed by atoms with van der Waals surface area (Å²) in [5, 5.41) is 0. The van der Waals surface area contributed by atoms with Crippen LogP contribution < -0.4 is 0 Å². The molecule has 0 bridgehead atoms. The number of allylic oxidation sites excluding steroid dienone is 4. The van der Waals surface area contributed by atoms with Gasteiger partial charge in [-0.2, -0.15) is 0 Å². The van der Waals surface area contributed by atoms with Gasteiger partial charge >= 0.3 is 0 Å². The van der Waals surface area contributed by atoms with Crippen LogP contribution in [0.5, 0.6) is 0 Å². The van der Waals surface area contributed by atoms with Crippen molar-refractivity contribution in [3.05, 3.63) is 60.9 Å². The summed E-state index contributed by atoms with van der Waals surface area (Å²) in [6.45, 7) is 7.47. The zero-order chi connectivity index (χ0) is 15.5. The highest BCUT2D eigenvalue weighted by atomic mass is 14.7. The first-order chi connectivity index (χ1) is 9.99. The molecule has 0 aromatic carbocycles. The maximum Gasteiger partial charge on any atom is 0.0696 e. The van der Waals surface area contributed by atoms with Gasteiger partial charge in [-0.05, 0) is 35.9 Å². The topological polar surface area (TPSA) is 12.9 Å². The zero-order valence-corrected chi connectivity index (χ0v) is 10.7. The van der Waals surface area contributed by atoms with E-state index in [9.17, 15) is 0 Å². The Labute approximate surface area is 114 Å². The average molecular weight is 242 g/mol. The van der Waals surface area contributed by atoms with E-state index in [1.165, 1.54) is 0 Å². The van der Waals surface area contributed by atoms with Gasteiger partial charge in [0.1, 0.15) is 0 Å². The number of pyridine rings is 1. The first-order valence-electron chi connectivity index (χ1n) is 7.94. The molecule has 1 aromatic rings. The van der Waals surface area contributed by atoms with Gasteiger partial charge in [0.05, 0.1) is 8.44 Å². The van der Waals surface area contributed by atoms with Crippen LogP contribution in [0, 0.1) is 0 Å². The van der Waals surface area contributed by atoms with Crippen LogP contribution in [-0.4, -0.2) is 4.98 Å². The van der Waals surface area contributed by atoms with Crippen molar-refractivity contribution in [2.45, 2.75) is 38.0 Å². The standard InChI is InChI=1S/C17H21N/c1-3-4-8-14(2)17-12-11-16(13-18-17)15-9-6-5-7-10-15/h3-4,8,11-13,15H,1-2,5-7,9-10H2/i11D,12D,15D. The molecule has 1 heterocycles. The monoisotopic (exact) mass is 242 g/mol. The highest BCUT2D eigenvalue weighted by Gasteiger charge is 2.15. The summed E-state index contributed by atoms with van der Waals surface area (Å²) >= 11 is 0. The van der Waals surface area contributed by atoms with Gasteiger partial charge in [-0.25, -0.2) is 0 Å². The first-order valence-corrected chi connectivity index (χ1v) is 6.44. The Morgan fingerprint density at radius 2 is 2.17 bits per heavy atom. The van der Waals surface area contributed by atoms with Gasteiger partial charge in [-0.15, -0.1) is 0 Å². The Balaban J connectivity index is 2.39. The molecule has 1 nitrogen and oxygen atoms in total. The number of hydrogen-bond acceptors (Lipinski definition) is 1. The SMILES string of the molecule is [2H]c1c(C2([2H])CCCCC2)cnc(C(=C)C=CC=C)c1[2H]. The minimum atomic E-state index is -0.755. The van der Waals surface area contributed by atoms with E-state index in [0.717, 1.165) is 32.1 Å². The van der Waals surface area contributed by atoms with E-state index in [4.69, 9.17) is 4.11 Å². The van der Waals surface area contributed by atoms with Crippen LogP contribution in [0.25, 0.3) is 5.57 Å². The molecular formula is C17H21N. The van der Waals surface area contributed by atoms with Gasteiger partial charge in [-0.1, -0.05) is 56.7 Å². The number of hydrogen-bond donors (Lipinski definition) is 0. The molecule has 0 N–H and O–H groups in total. The summed E-state index contributed by atoms with van der Waals surface area (Å²) in [6.07, 6.45) is 11.3. The van der Waals surface area contributed by atoms with Gasteiger partial charge in [-0.3, -0.25) is 4.98 Å². The highest BCUT2D eigenvalue weighted by Crippen LogP contribution is 2.32. The van der Waals surface area contributed by atoms with Crippen molar-refractivity contribution in [1.82, 2.24) is 4.98 Å². The van der Waals surface area contributed by atoms with Crippen LogP contribution in [0.3, 0.4) is 0 Å². The summed E-state index contributed by atoms with van der Waals surface area (Å²) in [6, 6.07) is 0.175. The smallest absolute Gasteiger partial charge is 0.0696 e. The molecule has 0 saturated heterocycles. The van der Waals surface area contributed by atoms with Crippen LogP contribution in [0.2, 0.25) is 0 Å². The fraction of sp³-hybridized carbons (Fsp3) is 0.353. The average Bonchev–Trinajstić information content (AvgIpc) is 2.48. The summed E-state index contributed by atoms with van der Waals surface area (Å²) < 4.78 is 25.0. The molecule has 94 valence electrons. The van der Waals surface area contributed by atoms with Crippen molar-refractivity contribution in [2.24, 2.45) is 0 Å². The molecule has 1 aliphatic rings. The lowest BCUT2D eigenvalue weighted by Gasteiger charge is -2.21. The quantitative estimate of drug-likeness (QED) is 0.685. The molecule has 0 aliphatic heterocycles. The third kappa shape index (κ3) is 3.19. The fourth-order valence-corrected chi connectivity index (χ4v) is 2.17. The third-order valence-electron chi connectivity index (χ3n) is 3.21. The minimum absolute atomic E-state index is 0.0587. The van der Waals surface area contributed by atoms with E-state index >= 15 is 0 Å². The number of nitrogens with zero attached hydrogens (tertiary/aromatic N) is 1. The maximum atomic E-state index is 8.59. The lowest BCUT2D eigenvalue weighted by molar-refractivity contribution is 0.443. The van der Waals surface area contributed by atoms with Crippen LogP contribution in [0.4, 0.5) is 0 Å². The third-order valence-corrected chi connectivity index (χ3v) is 3.21. The molecule has 2 rings (SSSR count). The normalized spacial score (nSPS) is 21.0. The molecule has 18 heavy (non-hydrogen) atoms. The predicted octanol–water partition coefficient (Wildman–Crippen LogP) is 4.88. The van der Waals surface area contributed by atoms with Crippen molar-refractivity contribution in [1.29, 1.82) is 0 Å². The van der Waals surface area contributed by atoms with Crippen molar-refractivity contribution in [3.8, 4) is 0 Å². The second-order valence-electron chi connectivity index (χ2n) is 4.55. The van der Waals surface area contributed by atoms with Crippen molar-refractivity contribution < 1.29 is 4.11 Å². The molecule has 1 saturated carbocycles. The Hall–Kier alpha value is -1.63. The minimum Gasteiger partial charge on any atom is -0.256 e. The highest BCUT2D eigenvalue weighted by molar-refractivity contribution is 5.69. The summed E-state index contributed by atoms with van der Waals surface area (Å²) in [4.78, 5) is 4.30. The molecule has 1 fully saturated rings. The first kappa shape index (κ1) is 9.32. The zero-order valence-electron chi connectivity index (χ0n) is 13.7. The Morgan fingerprint density at radius 3 is 2.89 bits per heavy atom. The number of aromatic nitrogens is 1. The van der Waals surface area contributed by atoms with E-state index < -0.39 is 5.89 Å². The second kappa shape index (κ2) is 6.34. The molecular weight excluding hydrogens is 218 g/mol. The van der Waals surface area contributed by atoms with Crippen molar-refractivity contribution >= 4 is 5.57 Å². The van der Waals surface area contributed by atoms with E-state index in [0.29, 0.717) is 16.8 Å². The maximum absolute atomic E-state index is 8.59. The molecule has 1 heteroatoms. The summed E-state index contributed by atoms with van der Waals surface area (Å²) in [7, 11) is 0. The Kier molecular flexibility index (Phi) is 3.28. The van der Waals surface area contributed by atoms with E-state index in [1.807, 2.05) is 0 Å². The summed E-state index contributed by atoms with van der Waals surface area (Å²) in [5.74, 6) is -0.755. The van der Waals surface area contributed by atoms with E-state index in [-0.39, 0.29) is 12.1 Å². The summed E-state index contributed by atoms with van der Waals surface area (Å²) in [5.41, 5.74) is 1.57. The Morgan fingerprint density at radius 1 is 1.39 bits per heavy atom. The number of rotatable bonds is 4. The van der Waals surface area contributed by atoms with Crippen LogP contribution in [-0.2, 0) is 0 Å². The second-order valence-corrected chi connectivity index (χ2v) is 4.55. The van der Waals surface area contributed by atoms with Gasteiger partial charge < -0.3 is 0 Å². The van der Waals surface area contributed by atoms with Crippen LogP contribution in [0.15, 0.2) is 49.7 Å². The molecule has 0 amide bonds. The van der Waals surface area contributed by atoms with Gasteiger partial charge in [0.15, 0.2) is 0 Å². The molecule has 0 spiro atoms. The largest absolute Gasteiger partial charge is 0.256 e. The lowest BCUT2D eigenvalue weighted by Crippen LogP contribution is -2.05. The molecule has 0 radical (unpaired) electrons. The van der Waals surface area contributed by atoms with Crippen LogP contribution in [0.1, 0.15) is 53.4 Å². The Bertz CT molecular complexity index is 584. The van der Waals surface area contributed by atoms with Gasteiger partial charge in [0.25, 0.3) is 0 Å². The predicted molar refractivity (Wildman–Crippen MR) is 78.4 cm³/mol. The van der Waals surface area contributed by atoms with Crippen molar-refractivity contribution in [2.75, 3.05) is 0 Å². The van der Waals surface area contributed by atoms with Gasteiger partial charge in [0.2, 0.25) is 0 Å². The van der Waals surface area contributed by atoms with E-state index in [1.54, 1.807) is 24.4 Å². The lowest BCUT2D eigenvalue weighted by atomic mass is 9.85. The van der Waals surface area contributed by atoms with Crippen molar-refractivity contribution in [3.63, 3.8) is 0 Å². The van der Waals surface area contributed by atoms with Crippen LogP contribution >= 0.6 is 0 Å². The fourth-order valence-electron chi connectivity index (χ4n) is 2.17. The van der Waals surface area contributed by atoms with Gasteiger partial charge in [0, 0.05) is 7.57 Å². The van der Waals surface area contributed by atoms with E-state index in [2.05, 4.69) is 18.1 Å².